The highest BCUT2D eigenvalue weighted by Gasteiger charge is 2.31. The summed E-state index contributed by atoms with van der Waals surface area (Å²) in [7, 11) is 0. The van der Waals surface area contributed by atoms with Gasteiger partial charge in [0.2, 0.25) is 0 Å². The molecule has 1 aliphatic rings. The molecule has 4 nitrogen and oxygen atoms in total. The summed E-state index contributed by atoms with van der Waals surface area (Å²) in [5.41, 5.74) is 5.65. The Kier molecular flexibility index (Phi) is 3.19. The number of carbonyl (C=O) groups is 1. The molecule has 0 saturated heterocycles. The molecule has 1 aliphatic carbocycles. The van der Waals surface area contributed by atoms with Crippen molar-refractivity contribution >= 4 is 5.78 Å². The Morgan fingerprint density at radius 2 is 2.31 bits per heavy atom. The van der Waals surface area contributed by atoms with Crippen molar-refractivity contribution in [3.05, 3.63) is 12.2 Å². The van der Waals surface area contributed by atoms with Gasteiger partial charge in [0.25, 0.3) is 0 Å². The molecule has 4 heteroatoms. The van der Waals surface area contributed by atoms with E-state index in [0.29, 0.717) is 0 Å². The monoisotopic (exact) mass is 185 g/mol. The Balaban J connectivity index is 2.69. The molecule has 1 rings (SSSR count). The fourth-order valence-corrected chi connectivity index (χ4v) is 1.49. The zero-order valence-electron chi connectivity index (χ0n) is 7.55. The Morgan fingerprint density at radius 3 is 2.85 bits per heavy atom. The van der Waals surface area contributed by atoms with Crippen molar-refractivity contribution in [1.82, 2.24) is 0 Å². The first-order chi connectivity index (χ1) is 6.02. The van der Waals surface area contributed by atoms with Gasteiger partial charge in [0, 0.05) is 18.4 Å². The summed E-state index contributed by atoms with van der Waals surface area (Å²) in [6.07, 6.45) is 1.57. The van der Waals surface area contributed by atoms with Crippen LogP contribution in [0, 0.1) is 5.92 Å². The number of aliphatic hydroxyl groups is 2. The highest BCUT2D eigenvalue weighted by atomic mass is 16.3. The Hall–Kier alpha value is -0.710. The first-order valence-corrected chi connectivity index (χ1v) is 4.35. The van der Waals surface area contributed by atoms with Gasteiger partial charge in [-0.3, -0.25) is 4.79 Å². The SMILES string of the molecule is CC(O)C(N)C1CC(=O)C=CC1O. The fourth-order valence-electron chi connectivity index (χ4n) is 1.49. The fraction of sp³-hybridized carbons (Fsp3) is 0.667. The van der Waals surface area contributed by atoms with E-state index in [0.717, 1.165) is 0 Å². The van der Waals surface area contributed by atoms with E-state index in [-0.39, 0.29) is 18.1 Å². The van der Waals surface area contributed by atoms with Gasteiger partial charge >= 0.3 is 0 Å². The van der Waals surface area contributed by atoms with Gasteiger partial charge in [-0.15, -0.1) is 0 Å². The standard InChI is InChI=1S/C9H15NO3/c1-5(11)9(10)7-4-6(12)2-3-8(7)13/h2-3,5,7-9,11,13H,4,10H2,1H3. The zero-order valence-corrected chi connectivity index (χ0v) is 7.55. The van der Waals surface area contributed by atoms with Gasteiger partial charge in [-0.05, 0) is 13.0 Å². The van der Waals surface area contributed by atoms with Crippen LogP contribution < -0.4 is 5.73 Å². The van der Waals surface area contributed by atoms with E-state index in [2.05, 4.69) is 0 Å². The second-order valence-electron chi connectivity index (χ2n) is 3.50. The van der Waals surface area contributed by atoms with E-state index in [1.165, 1.54) is 12.2 Å². The summed E-state index contributed by atoms with van der Waals surface area (Å²) in [6.45, 7) is 1.56. The van der Waals surface area contributed by atoms with Crippen LogP contribution in [0.3, 0.4) is 0 Å². The molecule has 13 heavy (non-hydrogen) atoms. The highest BCUT2D eigenvalue weighted by molar-refractivity contribution is 5.90. The quantitative estimate of drug-likeness (QED) is 0.526. The Bertz CT molecular complexity index is 225. The number of ketones is 1. The number of hydrogen-bond donors (Lipinski definition) is 3. The summed E-state index contributed by atoms with van der Waals surface area (Å²) < 4.78 is 0. The van der Waals surface area contributed by atoms with Gasteiger partial charge in [0.1, 0.15) is 0 Å². The minimum atomic E-state index is -0.720. The number of rotatable bonds is 2. The lowest BCUT2D eigenvalue weighted by Crippen LogP contribution is -2.46. The summed E-state index contributed by atoms with van der Waals surface area (Å²) >= 11 is 0. The number of nitrogens with two attached hydrogens (primary N) is 1. The van der Waals surface area contributed by atoms with E-state index >= 15 is 0 Å². The molecule has 74 valence electrons. The lowest BCUT2D eigenvalue weighted by atomic mass is 9.83. The normalized spacial score (nSPS) is 33.1. The van der Waals surface area contributed by atoms with E-state index in [1.807, 2.05) is 0 Å². The molecule has 0 aromatic carbocycles. The van der Waals surface area contributed by atoms with Gasteiger partial charge in [-0.1, -0.05) is 6.08 Å². The van der Waals surface area contributed by atoms with Crippen molar-refractivity contribution in [3.63, 3.8) is 0 Å². The van der Waals surface area contributed by atoms with Gasteiger partial charge in [-0.25, -0.2) is 0 Å². The second-order valence-corrected chi connectivity index (χ2v) is 3.50. The molecule has 0 heterocycles. The van der Waals surface area contributed by atoms with Gasteiger partial charge in [0.15, 0.2) is 5.78 Å². The van der Waals surface area contributed by atoms with Crippen LogP contribution in [0.5, 0.6) is 0 Å². The lowest BCUT2D eigenvalue weighted by Gasteiger charge is -2.29. The van der Waals surface area contributed by atoms with Crippen LogP contribution in [0.4, 0.5) is 0 Å². The Morgan fingerprint density at radius 1 is 1.69 bits per heavy atom. The second kappa shape index (κ2) is 4.00. The number of hydrogen-bond acceptors (Lipinski definition) is 4. The van der Waals surface area contributed by atoms with Gasteiger partial charge in [0.05, 0.1) is 12.2 Å². The molecular weight excluding hydrogens is 170 g/mol. The molecular formula is C9H15NO3. The average Bonchev–Trinajstić information content (AvgIpc) is 2.08. The van der Waals surface area contributed by atoms with E-state index < -0.39 is 18.2 Å². The van der Waals surface area contributed by atoms with Crippen molar-refractivity contribution in [1.29, 1.82) is 0 Å². The maximum atomic E-state index is 11.0. The van der Waals surface area contributed by atoms with Crippen LogP contribution in [0.2, 0.25) is 0 Å². The van der Waals surface area contributed by atoms with Crippen LogP contribution in [0.15, 0.2) is 12.2 Å². The molecule has 4 atom stereocenters. The molecule has 0 saturated carbocycles. The van der Waals surface area contributed by atoms with Crippen LogP contribution in [-0.4, -0.2) is 34.2 Å². The summed E-state index contributed by atoms with van der Waals surface area (Å²) in [5, 5.41) is 18.7. The largest absolute Gasteiger partial charge is 0.392 e. The number of allylic oxidation sites excluding steroid dienone is 1. The molecule has 0 bridgehead atoms. The molecule has 0 aromatic rings. The average molecular weight is 185 g/mol. The molecule has 0 spiro atoms. The van der Waals surface area contributed by atoms with Crippen LogP contribution >= 0.6 is 0 Å². The molecule has 4 N–H and O–H groups in total. The molecule has 0 aliphatic heterocycles. The van der Waals surface area contributed by atoms with Gasteiger partial charge < -0.3 is 15.9 Å². The Labute approximate surface area is 77.1 Å². The van der Waals surface area contributed by atoms with Crippen LogP contribution in [-0.2, 0) is 4.79 Å². The molecule has 0 amide bonds. The third kappa shape index (κ3) is 2.37. The maximum absolute atomic E-state index is 11.0. The van der Waals surface area contributed by atoms with Crippen molar-refractivity contribution in [2.45, 2.75) is 31.6 Å². The van der Waals surface area contributed by atoms with Crippen molar-refractivity contribution < 1.29 is 15.0 Å². The summed E-state index contributed by atoms with van der Waals surface area (Å²) in [6, 6.07) is -0.552. The minimum absolute atomic E-state index is 0.0496. The minimum Gasteiger partial charge on any atom is -0.392 e. The topological polar surface area (TPSA) is 83.5 Å². The molecule has 4 unspecified atom stereocenters. The van der Waals surface area contributed by atoms with Crippen molar-refractivity contribution in [3.8, 4) is 0 Å². The zero-order chi connectivity index (χ0) is 10.0. The summed E-state index contributed by atoms with van der Waals surface area (Å²) in [4.78, 5) is 11.0. The number of aliphatic hydroxyl groups excluding tert-OH is 2. The molecule has 0 fully saturated rings. The van der Waals surface area contributed by atoms with Crippen LogP contribution in [0.25, 0.3) is 0 Å². The summed E-state index contributed by atoms with van der Waals surface area (Å²) in [5.74, 6) is -0.413. The highest BCUT2D eigenvalue weighted by Crippen LogP contribution is 2.21. The van der Waals surface area contributed by atoms with Crippen molar-refractivity contribution in [2.75, 3.05) is 0 Å². The third-order valence-electron chi connectivity index (χ3n) is 2.41. The molecule has 0 radical (unpaired) electrons. The lowest BCUT2D eigenvalue weighted by molar-refractivity contribution is -0.117. The predicted octanol–water partition coefficient (Wildman–Crippen LogP) is -0.799. The predicted molar refractivity (Wildman–Crippen MR) is 47.9 cm³/mol. The third-order valence-corrected chi connectivity index (χ3v) is 2.41. The van der Waals surface area contributed by atoms with Gasteiger partial charge in [-0.2, -0.15) is 0 Å². The maximum Gasteiger partial charge on any atom is 0.155 e. The van der Waals surface area contributed by atoms with E-state index in [1.54, 1.807) is 6.92 Å². The smallest absolute Gasteiger partial charge is 0.155 e. The van der Waals surface area contributed by atoms with E-state index in [4.69, 9.17) is 5.73 Å². The first kappa shape index (κ1) is 10.4. The van der Waals surface area contributed by atoms with E-state index in [9.17, 15) is 15.0 Å². The van der Waals surface area contributed by atoms with Crippen molar-refractivity contribution in [2.24, 2.45) is 11.7 Å². The number of carbonyl (C=O) groups excluding carboxylic acids is 1. The van der Waals surface area contributed by atoms with Crippen LogP contribution in [0.1, 0.15) is 13.3 Å². The molecule has 0 aromatic heterocycles. The first-order valence-electron chi connectivity index (χ1n) is 4.35.